The van der Waals surface area contributed by atoms with Crippen LogP contribution in [0.2, 0.25) is 0 Å². The van der Waals surface area contributed by atoms with E-state index < -0.39 is 11.6 Å². The average molecular weight is 517 g/mol. The average Bonchev–Trinajstić information content (AvgIpc) is 3.28. The predicted molar refractivity (Wildman–Crippen MR) is 118 cm³/mol. The highest BCUT2D eigenvalue weighted by molar-refractivity contribution is 14.0. The van der Waals surface area contributed by atoms with Gasteiger partial charge in [0.15, 0.2) is 5.96 Å². The van der Waals surface area contributed by atoms with Crippen molar-refractivity contribution in [2.24, 2.45) is 12.0 Å². The second kappa shape index (κ2) is 9.38. The Bertz CT molecular complexity index is 854. The molecule has 3 atom stereocenters. The second-order valence-electron chi connectivity index (χ2n) is 7.28. The highest BCUT2D eigenvalue weighted by Gasteiger charge is 2.43. The smallest absolute Gasteiger partial charge is 0.194 e. The van der Waals surface area contributed by atoms with Crippen molar-refractivity contribution in [3.8, 4) is 0 Å². The Hall–Kier alpha value is -1.75. The lowest BCUT2D eigenvalue weighted by molar-refractivity contribution is -0.00810. The van der Waals surface area contributed by atoms with Crippen molar-refractivity contribution in [2.75, 3.05) is 26.2 Å². The van der Waals surface area contributed by atoms with Crippen LogP contribution in [-0.4, -0.2) is 52.9 Å². The van der Waals surface area contributed by atoms with E-state index in [0.717, 1.165) is 11.5 Å². The van der Waals surface area contributed by atoms with Gasteiger partial charge in [-0.2, -0.15) is 5.10 Å². The number of morpholine rings is 1. The topological polar surface area (TPSA) is 54.7 Å². The molecule has 1 aliphatic carbocycles. The number of nitrogens with one attached hydrogen (secondary N) is 1. The molecule has 2 fully saturated rings. The standard InChI is InChI=1S/C20H25F2N5O.HI/c1-3-23-20(25-17-9-14(17)19-15(21)5-4-6-16(19)22)27-7-8-28-18(12-27)13-10-24-26(2)11-13;/h4-6,10-11,14,17-18H,3,7-9,12H2,1-2H3,(H,23,25);1H. The zero-order valence-corrected chi connectivity index (χ0v) is 18.8. The summed E-state index contributed by atoms with van der Waals surface area (Å²) in [5.74, 6) is -0.361. The van der Waals surface area contributed by atoms with Gasteiger partial charge in [-0.05, 0) is 25.5 Å². The van der Waals surface area contributed by atoms with Gasteiger partial charge in [-0.15, -0.1) is 24.0 Å². The minimum absolute atomic E-state index is 0. The molecule has 4 rings (SSSR count). The van der Waals surface area contributed by atoms with Crippen LogP contribution in [0.5, 0.6) is 0 Å². The van der Waals surface area contributed by atoms with E-state index in [1.807, 2.05) is 26.4 Å². The molecule has 1 saturated heterocycles. The molecule has 9 heteroatoms. The van der Waals surface area contributed by atoms with Gasteiger partial charge in [0.2, 0.25) is 0 Å². The molecule has 1 aliphatic heterocycles. The summed E-state index contributed by atoms with van der Waals surface area (Å²) in [4.78, 5) is 6.75. The maximum absolute atomic E-state index is 14.1. The number of aliphatic imine (C=N–C) groups is 1. The minimum atomic E-state index is -0.480. The first kappa shape index (κ1) is 21.9. The molecule has 0 bridgehead atoms. The van der Waals surface area contributed by atoms with Gasteiger partial charge in [0.25, 0.3) is 0 Å². The largest absolute Gasteiger partial charge is 0.370 e. The SMILES string of the molecule is CCN=C(NC1CC1c1c(F)cccc1F)N1CCOC(c2cnn(C)c2)C1.I. The van der Waals surface area contributed by atoms with E-state index in [9.17, 15) is 8.78 Å². The number of ether oxygens (including phenoxy) is 1. The third kappa shape index (κ3) is 4.88. The minimum Gasteiger partial charge on any atom is -0.370 e. The number of hydrogen-bond donors (Lipinski definition) is 1. The Kier molecular flexibility index (Phi) is 7.10. The molecule has 2 aliphatic rings. The summed E-state index contributed by atoms with van der Waals surface area (Å²) in [6.45, 7) is 4.56. The summed E-state index contributed by atoms with van der Waals surface area (Å²) in [6, 6.07) is 4.01. The number of nitrogens with zero attached hydrogens (tertiary/aromatic N) is 4. The Morgan fingerprint density at radius 1 is 1.34 bits per heavy atom. The fourth-order valence-corrected chi connectivity index (χ4v) is 3.74. The maximum atomic E-state index is 14.1. The summed E-state index contributed by atoms with van der Waals surface area (Å²) >= 11 is 0. The summed E-state index contributed by atoms with van der Waals surface area (Å²) < 4.78 is 35.8. The third-order valence-corrected chi connectivity index (χ3v) is 5.25. The Balaban J connectivity index is 0.00000240. The maximum Gasteiger partial charge on any atom is 0.194 e. The lowest BCUT2D eigenvalue weighted by Crippen LogP contribution is -2.49. The van der Waals surface area contributed by atoms with Gasteiger partial charge >= 0.3 is 0 Å². The molecule has 3 unspecified atom stereocenters. The van der Waals surface area contributed by atoms with Crippen molar-refractivity contribution in [3.05, 3.63) is 53.4 Å². The predicted octanol–water partition coefficient (Wildman–Crippen LogP) is 3.21. The van der Waals surface area contributed by atoms with Gasteiger partial charge < -0.3 is 15.0 Å². The van der Waals surface area contributed by atoms with Crippen LogP contribution in [0, 0.1) is 11.6 Å². The van der Waals surface area contributed by atoms with Crippen molar-refractivity contribution in [1.29, 1.82) is 0 Å². The zero-order chi connectivity index (χ0) is 19.7. The number of aromatic nitrogens is 2. The molecule has 158 valence electrons. The molecule has 1 aromatic heterocycles. The van der Waals surface area contributed by atoms with Crippen LogP contribution in [0.15, 0.2) is 35.6 Å². The van der Waals surface area contributed by atoms with Crippen LogP contribution in [-0.2, 0) is 11.8 Å². The van der Waals surface area contributed by atoms with Crippen molar-refractivity contribution < 1.29 is 13.5 Å². The van der Waals surface area contributed by atoms with E-state index in [1.54, 1.807) is 4.68 Å². The molecular formula is C20H26F2IN5O. The monoisotopic (exact) mass is 517 g/mol. The van der Waals surface area contributed by atoms with Gasteiger partial charge in [0, 0.05) is 49.4 Å². The van der Waals surface area contributed by atoms with Gasteiger partial charge in [-0.25, -0.2) is 8.78 Å². The fraction of sp³-hybridized carbons (Fsp3) is 0.500. The molecule has 29 heavy (non-hydrogen) atoms. The Morgan fingerprint density at radius 2 is 2.10 bits per heavy atom. The molecule has 2 aromatic rings. The van der Waals surface area contributed by atoms with Crippen molar-refractivity contribution >= 4 is 29.9 Å². The van der Waals surface area contributed by atoms with Gasteiger partial charge in [-0.1, -0.05) is 6.07 Å². The van der Waals surface area contributed by atoms with Gasteiger partial charge in [-0.3, -0.25) is 9.67 Å². The van der Waals surface area contributed by atoms with E-state index in [0.29, 0.717) is 32.7 Å². The van der Waals surface area contributed by atoms with E-state index in [1.165, 1.54) is 18.2 Å². The zero-order valence-electron chi connectivity index (χ0n) is 16.5. The third-order valence-electron chi connectivity index (χ3n) is 5.25. The van der Waals surface area contributed by atoms with Crippen molar-refractivity contribution in [2.45, 2.75) is 31.4 Å². The molecule has 0 spiro atoms. The van der Waals surface area contributed by atoms with E-state index in [2.05, 4.69) is 20.3 Å². The van der Waals surface area contributed by atoms with Crippen LogP contribution >= 0.6 is 24.0 Å². The molecule has 0 amide bonds. The van der Waals surface area contributed by atoms with Crippen molar-refractivity contribution in [1.82, 2.24) is 20.0 Å². The van der Waals surface area contributed by atoms with E-state index in [-0.39, 0.29) is 47.6 Å². The molecule has 2 heterocycles. The summed E-state index contributed by atoms with van der Waals surface area (Å²) in [7, 11) is 1.88. The lowest BCUT2D eigenvalue weighted by atomic mass is 10.1. The number of rotatable bonds is 4. The van der Waals surface area contributed by atoms with E-state index >= 15 is 0 Å². The van der Waals surface area contributed by atoms with Crippen LogP contribution in [0.1, 0.15) is 36.5 Å². The number of guanidine groups is 1. The van der Waals surface area contributed by atoms with Crippen molar-refractivity contribution in [3.63, 3.8) is 0 Å². The van der Waals surface area contributed by atoms with Crippen LogP contribution < -0.4 is 5.32 Å². The number of hydrogen-bond acceptors (Lipinski definition) is 3. The molecule has 0 radical (unpaired) electrons. The first-order valence-electron chi connectivity index (χ1n) is 9.66. The first-order valence-corrected chi connectivity index (χ1v) is 9.66. The van der Waals surface area contributed by atoms with E-state index in [4.69, 9.17) is 4.74 Å². The van der Waals surface area contributed by atoms with Crippen LogP contribution in [0.3, 0.4) is 0 Å². The highest BCUT2D eigenvalue weighted by Crippen LogP contribution is 2.43. The van der Waals surface area contributed by atoms with Gasteiger partial charge in [0.05, 0.1) is 19.3 Å². The first-order chi connectivity index (χ1) is 13.6. The number of benzene rings is 1. The van der Waals surface area contributed by atoms with Crippen LogP contribution in [0.25, 0.3) is 0 Å². The highest BCUT2D eigenvalue weighted by atomic mass is 127. The van der Waals surface area contributed by atoms with Crippen LogP contribution in [0.4, 0.5) is 8.78 Å². The summed E-state index contributed by atoms with van der Waals surface area (Å²) in [5.41, 5.74) is 1.20. The quantitative estimate of drug-likeness (QED) is 0.385. The molecule has 1 saturated carbocycles. The molecule has 1 aromatic carbocycles. The Labute approximate surface area is 186 Å². The fourth-order valence-electron chi connectivity index (χ4n) is 3.74. The summed E-state index contributed by atoms with van der Waals surface area (Å²) in [5, 5.41) is 7.63. The molecule has 1 N–H and O–H groups in total. The molecule has 6 nitrogen and oxygen atoms in total. The number of halogens is 3. The normalized spacial score (nSPS) is 24.2. The number of aryl methyl sites for hydroxylation is 1. The summed E-state index contributed by atoms with van der Waals surface area (Å²) in [6.07, 6.45) is 4.38. The molecular weight excluding hydrogens is 491 g/mol. The Morgan fingerprint density at radius 3 is 2.76 bits per heavy atom. The van der Waals surface area contributed by atoms with Gasteiger partial charge in [0.1, 0.15) is 17.7 Å². The second-order valence-corrected chi connectivity index (χ2v) is 7.28. The lowest BCUT2D eigenvalue weighted by Gasteiger charge is -2.35.